The number of carbonyl (C=O) groups is 1. The van der Waals surface area contributed by atoms with Crippen LogP contribution in [0.4, 0.5) is 0 Å². The minimum atomic E-state index is -0.903. The van der Waals surface area contributed by atoms with Gasteiger partial charge in [-0.05, 0) is 45.4 Å². The molecule has 5 nitrogen and oxygen atoms in total. The average Bonchev–Trinajstić information content (AvgIpc) is 2.45. The van der Waals surface area contributed by atoms with E-state index in [-0.39, 0.29) is 25.2 Å². The molecule has 1 aromatic carbocycles. The van der Waals surface area contributed by atoms with E-state index < -0.39 is 5.54 Å². The van der Waals surface area contributed by atoms with Crippen LogP contribution in [0.1, 0.15) is 33.3 Å². The fourth-order valence-corrected chi connectivity index (χ4v) is 2.01. The van der Waals surface area contributed by atoms with Crippen molar-refractivity contribution in [2.75, 3.05) is 13.2 Å². The van der Waals surface area contributed by atoms with Crippen molar-refractivity contribution < 1.29 is 19.4 Å². The molecule has 0 radical (unpaired) electrons. The van der Waals surface area contributed by atoms with E-state index in [1.165, 1.54) is 0 Å². The molecule has 0 aliphatic carbocycles. The normalized spacial score (nSPS) is 13.8. The van der Waals surface area contributed by atoms with Gasteiger partial charge in [-0.25, -0.2) is 4.79 Å². The first-order valence-corrected chi connectivity index (χ1v) is 7.18. The molecule has 0 heterocycles. The lowest BCUT2D eigenvalue weighted by atomic mass is 10.0. The van der Waals surface area contributed by atoms with Crippen molar-refractivity contribution in [3.05, 3.63) is 29.8 Å². The van der Waals surface area contributed by atoms with Crippen molar-refractivity contribution >= 4 is 5.97 Å². The minimum Gasteiger partial charge on any atom is -0.491 e. The van der Waals surface area contributed by atoms with Crippen molar-refractivity contribution in [1.82, 2.24) is 5.32 Å². The summed E-state index contributed by atoms with van der Waals surface area (Å²) in [7, 11) is 0. The Morgan fingerprint density at radius 2 is 1.95 bits per heavy atom. The maximum Gasteiger partial charge on any atom is 0.329 e. The highest BCUT2D eigenvalue weighted by molar-refractivity contribution is 5.80. The fraction of sp³-hybridized carbons (Fsp3) is 0.562. The van der Waals surface area contributed by atoms with Crippen molar-refractivity contribution in [3.63, 3.8) is 0 Å². The molecule has 0 saturated carbocycles. The summed E-state index contributed by atoms with van der Waals surface area (Å²) in [6, 6.07) is 7.23. The second kappa shape index (κ2) is 8.00. The molecule has 1 rings (SSSR count). The molecular formula is C16H25NO4. The Hall–Kier alpha value is -1.59. The Morgan fingerprint density at radius 1 is 1.33 bits per heavy atom. The van der Waals surface area contributed by atoms with Crippen LogP contribution in [0.2, 0.25) is 0 Å². The van der Waals surface area contributed by atoms with Gasteiger partial charge in [-0.3, -0.25) is 5.32 Å². The average molecular weight is 295 g/mol. The molecule has 1 atom stereocenters. The van der Waals surface area contributed by atoms with Crippen molar-refractivity contribution in [1.29, 1.82) is 0 Å². The van der Waals surface area contributed by atoms with E-state index >= 15 is 0 Å². The second-order valence-electron chi connectivity index (χ2n) is 5.44. The van der Waals surface area contributed by atoms with Crippen LogP contribution in [0.5, 0.6) is 5.75 Å². The Balaban J connectivity index is 2.73. The molecule has 0 aliphatic rings. The van der Waals surface area contributed by atoms with Crippen LogP contribution in [-0.4, -0.2) is 35.9 Å². The topological polar surface area (TPSA) is 67.8 Å². The molecule has 21 heavy (non-hydrogen) atoms. The van der Waals surface area contributed by atoms with Crippen molar-refractivity contribution in [2.24, 2.45) is 0 Å². The van der Waals surface area contributed by atoms with Crippen LogP contribution < -0.4 is 10.1 Å². The van der Waals surface area contributed by atoms with Crippen molar-refractivity contribution in [3.8, 4) is 5.75 Å². The first-order valence-electron chi connectivity index (χ1n) is 7.18. The molecule has 2 N–H and O–H groups in total. The fourth-order valence-electron chi connectivity index (χ4n) is 2.01. The molecule has 0 fully saturated rings. The number of rotatable bonds is 8. The molecule has 118 valence electrons. The largest absolute Gasteiger partial charge is 0.491 e. The number of hydrogen-bond donors (Lipinski definition) is 2. The predicted octanol–water partition coefficient (Wildman–Crippen LogP) is 1.88. The summed E-state index contributed by atoms with van der Waals surface area (Å²) >= 11 is 0. The van der Waals surface area contributed by atoms with E-state index in [4.69, 9.17) is 14.6 Å². The summed E-state index contributed by atoms with van der Waals surface area (Å²) in [6.07, 6.45) is 0. The zero-order chi connectivity index (χ0) is 15.9. The Bertz CT molecular complexity index is 444. The molecule has 0 saturated heterocycles. The maximum absolute atomic E-state index is 12.1. The van der Waals surface area contributed by atoms with Gasteiger partial charge in [0.25, 0.3) is 0 Å². The highest BCUT2D eigenvalue weighted by Gasteiger charge is 2.36. The molecule has 1 unspecified atom stereocenters. The van der Waals surface area contributed by atoms with Gasteiger partial charge < -0.3 is 14.6 Å². The monoisotopic (exact) mass is 295 g/mol. The van der Waals surface area contributed by atoms with Gasteiger partial charge in [0.05, 0.1) is 13.2 Å². The van der Waals surface area contributed by atoms with Gasteiger partial charge in [0.1, 0.15) is 17.9 Å². The highest BCUT2D eigenvalue weighted by Crippen LogP contribution is 2.16. The summed E-state index contributed by atoms with van der Waals surface area (Å²) in [5.41, 5.74) is -0.0874. The first-order chi connectivity index (χ1) is 9.91. The van der Waals surface area contributed by atoms with Gasteiger partial charge in [0.15, 0.2) is 0 Å². The molecule has 0 aromatic heterocycles. The Morgan fingerprint density at radius 3 is 2.43 bits per heavy atom. The van der Waals surface area contributed by atoms with Crippen LogP contribution >= 0.6 is 0 Å². The molecular weight excluding hydrogens is 270 g/mol. The smallest absolute Gasteiger partial charge is 0.329 e. The molecule has 1 aromatic rings. The van der Waals surface area contributed by atoms with E-state index in [1.807, 2.05) is 13.8 Å². The van der Waals surface area contributed by atoms with Gasteiger partial charge in [0.2, 0.25) is 0 Å². The zero-order valence-electron chi connectivity index (χ0n) is 13.2. The summed E-state index contributed by atoms with van der Waals surface area (Å²) in [5.74, 6) is 0.318. The Labute approximate surface area is 126 Å². The first kappa shape index (κ1) is 17.5. The number of carbonyl (C=O) groups excluding carboxylic acids is 1. The number of esters is 1. The summed E-state index contributed by atoms with van der Waals surface area (Å²) in [5, 5.41) is 12.2. The number of aliphatic hydroxyl groups excluding tert-OH is 1. The highest BCUT2D eigenvalue weighted by atomic mass is 16.5. The lowest BCUT2D eigenvalue weighted by Gasteiger charge is -2.30. The van der Waals surface area contributed by atoms with E-state index in [0.29, 0.717) is 12.4 Å². The maximum atomic E-state index is 12.1. The number of nitrogens with one attached hydrogen (secondary N) is 1. The lowest BCUT2D eigenvalue weighted by molar-refractivity contribution is -0.152. The van der Waals surface area contributed by atoms with Gasteiger partial charge in [-0.2, -0.15) is 0 Å². The molecule has 0 amide bonds. The number of hydrogen-bond acceptors (Lipinski definition) is 5. The zero-order valence-corrected chi connectivity index (χ0v) is 13.2. The van der Waals surface area contributed by atoms with Crippen LogP contribution in [-0.2, 0) is 16.1 Å². The quantitative estimate of drug-likeness (QED) is 0.717. The Kier molecular flexibility index (Phi) is 6.65. The molecule has 0 bridgehead atoms. The standard InChI is InChI=1S/C16H25NO4/c1-5-20-15(19)16(4,17-12(2)3)11-21-14-8-6-13(10-18)7-9-14/h6-9,12,17-18H,5,10-11H2,1-4H3. The third-order valence-corrected chi connectivity index (χ3v) is 2.97. The van der Waals surface area contributed by atoms with Crippen LogP contribution in [0.15, 0.2) is 24.3 Å². The molecule has 0 spiro atoms. The van der Waals surface area contributed by atoms with Gasteiger partial charge in [-0.15, -0.1) is 0 Å². The second-order valence-corrected chi connectivity index (χ2v) is 5.44. The summed E-state index contributed by atoms with van der Waals surface area (Å²) in [4.78, 5) is 12.1. The van der Waals surface area contributed by atoms with E-state index in [0.717, 1.165) is 5.56 Å². The van der Waals surface area contributed by atoms with Gasteiger partial charge in [-0.1, -0.05) is 12.1 Å². The number of benzene rings is 1. The number of aliphatic hydroxyl groups is 1. The van der Waals surface area contributed by atoms with E-state index in [9.17, 15) is 4.79 Å². The van der Waals surface area contributed by atoms with Gasteiger partial charge in [0, 0.05) is 6.04 Å². The third kappa shape index (κ3) is 5.36. The molecule has 5 heteroatoms. The summed E-state index contributed by atoms with van der Waals surface area (Å²) < 4.78 is 10.8. The van der Waals surface area contributed by atoms with Crippen LogP contribution in [0.3, 0.4) is 0 Å². The molecule has 0 aliphatic heterocycles. The van der Waals surface area contributed by atoms with E-state index in [1.54, 1.807) is 38.1 Å². The van der Waals surface area contributed by atoms with Crippen molar-refractivity contribution in [2.45, 2.75) is 45.9 Å². The van der Waals surface area contributed by atoms with E-state index in [2.05, 4.69) is 5.32 Å². The van der Waals surface area contributed by atoms with Crippen LogP contribution in [0.25, 0.3) is 0 Å². The summed E-state index contributed by atoms with van der Waals surface area (Å²) in [6.45, 7) is 7.98. The van der Waals surface area contributed by atoms with Gasteiger partial charge >= 0.3 is 5.97 Å². The predicted molar refractivity (Wildman–Crippen MR) is 81.2 cm³/mol. The van der Waals surface area contributed by atoms with Crippen LogP contribution in [0, 0.1) is 0 Å². The minimum absolute atomic E-state index is 0.00424. The third-order valence-electron chi connectivity index (χ3n) is 2.97. The SMILES string of the molecule is CCOC(=O)C(C)(COc1ccc(CO)cc1)NC(C)C. The lowest BCUT2D eigenvalue weighted by Crippen LogP contribution is -2.57. The number of ether oxygens (including phenoxy) is 2.